The number of morpholine rings is 1. The fourth-order valence-corrected chi connectivity index (χ4v) is 4.86. The summed E-state index contributed by atoms with van der Waals surface area (Å²) in [6.07, 6.45) is 0.605. The number of hydrogen-bond acceptors (Lipinski definition) is 7. The highest BCUT2D eigenvalue weighted by molar-refractivity contribution is 7.89. The molecule has 0 unspecified atom stereocenters. The number of sulfonamides is 1. The number of fused-ring (bicyclic) bond motifs is 1. The molecule has 170 valence electrons. The van der Waals surface area contributed by atoms with Crippen molar-refractivity contribution < 1.29 is 22.7 Å². The lowest BCUT2D eigenvalue weighted by atomic mass is 10.2. The van der Waals surface area contributed by atoms with E-state index >= 15 is 0 Å². The fourth-order valence-electron chi connectivity index (χ4n) is 4.30. The Bertz CT molecular complexity index is 939. The maximum Gasteiger partial charge on any atom is 0.241 e. The van der Waals surface area contributed by atoms with Crippen molar-refractivity contribution in [3.63, 3.8) is 0 Å². The molecule has 4 rings (SSSR count). The van der Waals surface area contributed by atoms with E-state index in [0.717, 1.165) is 24.3 Å². The van der Waals surface area contributed by atoms with Crippen molar-refractivity contribution in [2.45, 2.75) is 11.3 Å². The predicted molar refractivity (Wildman–Crippen MR) is 114 cm³/mol. The summed E-state index contributed by atoms with van der Waals surface area (Å²) in [4.78, 5) is 33.2. The number of ether oxygens (including phenoxy) is 1. The van der Waals surface area contributed by atoms with Crippen LogP contribution < -0.4 is 10.0 Å². The number of carbonyl (C=O) groups excluding carboxylic acids is 2. The summed E-state index contributed by atoms with van der Waals surface area (Å²) >= 11 is 0. The summed E-state index contributed by atoms with van der Waals surface area (Å²) in [6.45, 7) is 6.70. The molecule has 2 amide bonds. The number of hydrogen-bond donors (Lipinski definition) is 1. The fraction of sp³-hybridized carbons (Fsp3) is 0.600. The average molecular weight is 452 g/mol. The molecule has 11 heteroatoms. The highest BCUT2D eigenvalue weighted by atomic mass is 32.2. The van der Waals surface area contributed by atoms with Gasteiger partial charge in [-0.15, -0.1) is 0 Å². The lowest BCUT2D eigenvalue weighted by molar-refractivity contribution is -0.135. The number of carbonyl (C=O) groups is 2. The molecule has 3 aliphatic rings. The van der Waals surface area contributed by atoms with Gasteiger partial charge in [-0.2, -0.15) is 0 Å². The molecule has 2 N–H and O–H groups in total. The molecule has 0 aromatic heterocycles. The molecule has 3 aliphatic heterocycles. The van der Waals surface area contributed by atoms with E-state index in [9.17, 15) is 18.0 Å². The molecule has 2 saturated heterocycles. The zero-order chi connectivity index (χ0) is 22.0. The maximum absolute atomic E-state index is 12.9. The van der Waals surface area contributed by atoms with Crippen LogP contribution in [0.4, 0.5) is 5.69 Å². The van der Waals surface area contributed by atoms with E-state index in [1.54, 1.807) is 17.0 Å². The zero-order valence-corrected chi connectivity index (χ0v) is 18.3. The van der Waals surface area contributed by atoms with Gasteiger partial charge in [-0.25, -0.2) is 13.6 Å². The van der Waals surface area contributed by atoms with Crippen molar-refractivity contribution in [2.24, 2.45) is 5.14 Å². The zero-order valence-electron chi connectivity index (χ0n) is 17.5. The van der Waals surface area contributed by atoms with Crippen LogP contribution in [0.2, 0.25) is 0 Å². The van der Waals surface area contributed by atoms with Gasteiger partial charge in [0, 0.05) is 51.5 Å². The smallest absolute Gasteiger partial charge is 0.241 e. The Morgan fingerprint density at radius 1 is 0.903 bits per heavy atom. The first-order valence-electron chi connectivity index (χ1n) is 10.6. The molecule has 0 saturated carbocycles. The quantitative estimate of drug-likeness (QED) is 0.591. The molecular weight excluding hydrogens is 422 g/mol. The largest absolute Gasteiger partial charge is 0.379 e. The van der Waals surface area contributed by atoms with Gasteiger partial charge in [0.05, 0.1) is 31.2 Å². The van der Waals surface area contributed by atoms with Gasteiger partial charge in [0.15, 0.2) is 0 Å². The van der Waals surface area contributed by atoms with Gasteiger partial charge in [-0.1, -0.05) is 0 Å². The third kappa shape index (κ3) is 5.24. The minimum atomic E-state index is -3.76. The molecule has 0 spiro atoms. The van der Waals surface area contributed by atoms with Crippen molar-refractivity contribution in [3.05, 3.63) is 23.8 Å². The molecule has 2 fully saturated rings. The third-order valence-corrected chi connectivity index (χ3v) is 7.03. The van der Waals surface area contributed by atoms with Crippen LogP contribution in [0.15, 0.2) is 23.1 Å². The number of nitrogens with zero attached hydrogens (tertiary/aromatic N) is 4. The van der Waals surface area contributed by atoms with Crippen LogP contribution in [0.3, 0.4) is 0 Å². The molecule has 10 nitrogen and oxygen atoms in total. The molecule has 1 aromatic rings. The molecule has 31 heavy (non-hydrogen) atoms. The van der Waals surface area contributed by atoms with Gasteiger partial charge in [0.25, 0.3) is 0 Å². The van der Waals surface area contributed by atoms with Crippen LogP contribution >= 0.6 is 0 Å². The second-order valence-electron chi connectivity index (χ2n) is 8.18. The minimum absolute atomic E-state index is 0.0183. The summed E-state index contributed by atoms with van der Waals surface area (Å²) in [5.74, 6) is 0.113. The minimum Gasteiger partial charge on any atom is -0.379 e. The summed E-state index contributed by atoms with van der Waals surface area (Å²) in [7, 11) is -3.76. The first-order chi connectivity index (χ1) is 14.8. The van der Waals surface area contributed by atoms with E-state index in [0.29, 0.717) is 58.9 Å². The van der Waals surface area contributed by atoms with Crippen LogP contribution in [0.5, 0.6) is 0 Å². The molecular formula is C20H29N5O5S. The second-order valence-corrected chi connectivity index (χ2v) is 9.74. The van der Waals surface area contributed by atoms with Crippen molar-refractivity contribution in [3.8, 4) is 0 Å². The van der Waals surface area contributed by atoms with E-state index in [1.807, 2.05) is 4.90 Å². The van der Waals surface area contributed by atoms with Crippen LogP contribution in [0.25, 0.3) is 0 Å². The first-order valence-corrected chi connectivity index (χ1v) is 12.1. The molecule has 0 aliphatic carbocycles. The standard InChI is InChI=1S/C20H29N5O5S/c21-31(28,29)17-1-2-18-16(13-17)3-4-25(18)20(27)15-22-5-7-24(8-6-22)19(26)14-23-9-11-30-12-10-23/h1-2,13H,3-12,14-15H2,(H2,21,28,29). The van der Waals surface area contributed by atoms with Crippen LogP contribution in [0.1, 0.15) is 5.56 Å². The van der Waals surface area contributed by atoms with E-state index < -0.39 is 10.0 Å². The van der Waals surface area contributed by atoms with Crippen molar-refractivity contribution in [1.82, 2.24) is 14.7 Å². The number of piperazine rings is 1. The number of rotatable bonds is 5. The molecule has 1 aromatic carbocycles. The third-order valence-electron chi connectivity index (χ3n) is 6.12. The van der Waals surface area contributed by atoms with E-state index in [1.165, 1.54) is 6.07 Å². The summed E-state index contributed by atoms with van der Waals surface area (Å²) in [6, 6.07) is 4.65. The topological polar surface area (TPSA) is 116 Å². The molecule has 0 radical (unpaired) electrons. The Morgan fingerprint density at radius 2 is 1.55 bits per heavy atom. The Hall–Kier alpha value is -2.05. The second kappa shape index (κ2) is 9.21. The average Bonchev–Trinajstić information content (AvgIpc) is 3.18. The van der Waals surface area contributed by atoms with Crippen molar-refractivity contribution in [1.29, 1.82) is 0 Å². The normalized spacial score (nSPS) is 20.7. The van der Waals surface area contributed by atoms with Crippen molar-refractivity contribution in [2.75, 3.05) is 77.0 Å². The SMILES string of the molecule is NS(=O)(=O)c1ccc2c(c1)CCN2C(=O)CN1CCN(C(=O)CN2CCOCC2)CC1. The van der Waals surface area contributed by atoms with Gasteiger partial charge >= 0.3 is 0 Å². The van der Waals surface area contributed by atoms with Crippen LogP contribution in [-0.4, -0.2) is 107 Å². The number of anilines is 1. The van der Waals surface area contributed by atoms with Gasteiger partial charge < -0.3 is 14.5 Å². The number of benzene rings is 1. The summed E-state index contributed by atoms with van der Waals surface area (Å²) in [5.41, 5.74) is 1.56. The van der Waals surface area contributed by atoms with Gasteiger partial charge in [0.2, 0.25) is 21.8 Å². The Kier molecular flexibility index (Phi) is 6.58. The van der Waals surface area contributed by atoms with Gasteiger partial charge in [-0.05, 0) is 30.2 Å². The van der Waals surface area contributed by atoms with Crippen LogP contribution in [0, 0.1) is 0 Å². The van der Waals surface area contributed by atoms with Gasteiger partial charge in [0.1, 0.15) is 0 Å². The number of primary sulfonamides is 1. The lowest BCUT2D eigenvalue weighted by Gasteiger charge is -2.36. The summed E-state index contributed by atoms with van der Waals surface area (Å²) < 4.78 is 28.4. The summed E-state index contributed by atoms with van der Waals surface area (Å²) in [5, 5.41) is 5.20. The highest BCUT2D eigenvalue weighted by Gasteiger charge is 2.29. The Balaban J connectivity index is 1.28. The van der Waals surface area contributed by atoms with Crippen LogP contribution in [-0.2, 0) is 30.8 Å². The van der Waals surface area contributed by atoms with Gasteiger partial charge in [-0.3, -0.25) is 19.4 Å². The Labute approximate surface area is 182 Å². The van der Waals surface area contributed by atoms with E-state index in [-0.39, 0.29) is 23.3 Å². The van der Waals surface area contributed by atoms with E-state index in [4.69, 9.17) is 9.88 Å². The maximum atomic E-state index is 12.9. The molecule has 3 heterocycles. The predicted octanol–water partition coefficient (Wildman–Crippen LogP) is -1.30. The highest BCUT2D eigenvalue weighted by Crippen LogP contribution is 2.30. The monoisotopic (exact) mass is 451 g/mol. The molecule has 0 bridgehead atoms. The van der Waals surface area contributed by atoms with Crippen molar-refractivity contribution >= 4 is 27.5 Å². The Morgan fingerprint density at radius 3 is 2.23 bits per heavy atom. The number of nitrogens with two attached hydrogens (primary N) is 1. The first kappa shape index (κ1) is 22.2. The van der Waals surface area contributed by atoms with E-state index in [2.05, 4.69) is 9.80 Å². The molecule has 0 atom stereocenters. The lowest BCUT2D eigenvalue weighted by Crippen LogP contribution is -2.53. The number of amides is 2.